The summed E-state index contributed by atoms with van der Waals surface area (Å²) in [6.45, 7) is 2.09. The van der Waals surface area contributed by atoms with E-state index in [-0.39, 0.29) is 5.91 Å². The monoisotopic (exact) mass is 257 g/mol. The molecule has 0 aromatic carbocycles. The van der Waals surface area contributed by atoms with Gasteiger partial charge in [0.1, 0.15) is 6.04 Å². The molecule has 0 aliphatic rings. The van der Waals surface area contributed by atoms with Crippen molar-refractivity contribution < 1.29 is 14.7 Å². The molecule has 94 valence electrons. The van der Waals surface area contributed by atoms with Crippen LogP contribution in [0.2, 0.25) is 0 Å². The van der Waals surface area contributed by atoms with Gasteiger partial charge in [-0.15, -0.1) is 0 Å². The van der Waals surface area contributed by atoms with Crippen molar-refractivity contribution in [3.05, 3.63) is 18.7 Å². The molecule has 0 saturated heterocycles. The fourth-order valence-electron chi connectivity index (χ4n) is 1.21. The van der Waals surface area contributed by atoms with Crippen molar-refractivity contribution in [3.8, 4) is 0 Å². The summed E-state index contributed by atoms with van der Waals surface area (Å²) in [5.41, 5.74) is 0. The summed E-state index contributed by atoms with van der Waals surface area (Å²) in [6.07, 6.45) is 5.26. The van der Waals surface area contributed by atoms with Gasteiger partial charge >= 0.3 is 5.97 Å². The van der Waals surface area contributed by atoms with Gasteiger partial charge in [0.05, 0.1) is 6.33 Å². The predicted molar refractivity (Wildman–Crippen MR) is 64.8 cm³/mol. The number of aryl methyl sites for hydroxylation is 1. The molecule has 17 heavy (non-hydrogen) atoms. The first-order valence-corrected chi connectivity index (χ1v) is 6.28. The molecule has 1 amide bonds. The van der Waals surface area contributed by atoms with E-state index in [1.54, 1.807) is 12.5 Å². The summed E-state index contributed by atoms with van der Waals surface area (Å²) in [6, 6.07) is -0.819. The van der Waals surface area contributed by atoms with Gasteiger partial charge in [0, 0.05) is 37.4 Å². The molecule has 1 unspecified atom stereocenters. The number of carbonyl (C=O) groups excluding carboxylic acids is 1. The zero-order valence-corrected chi connectivity index (χ0v) is 10.3. The molecule has 6 nitrogen and oxygen atoms in total. The number of imidazole rings is 1. The number of hydrogen-bond donors (Lipinski definition) is 2. The van der Waals surface area contributed by atoms with Crippen molar-refractivity contribution in [2.45, 2.75) is 19.5 Å². The van der Waals surface area contributed by atoms with Crippen LogP contribution in [0.25, 0.3) is 0 Å². The minimum atomic E-state index is -1.00. The zero-order chi connectivity index (χ0) is 12.7. The molecule has 0 radical (unpaired) electrons. The standard InChI is InChI=1S/C10H15N3O3S/c1-8(14)12-9(10(15)16)6-17-5-4-13-3-2-11-7-13/h2-3,7,9H,4-6H2,1H3,(H,12,14)(H,15,16). The Bertz CT molecular complexity index is 367. The molecule has 2 N–H and O–H groups in total. The number of hydrogen-bond acceptors (Lipinski definition) is 4. The highest BCUT2D eigenvalue weighted by atomic mass is 32.2. The Morgan fingerprint density at radius 2 is 2.35 bits per heavy atom. The molecule has 1 atom stereocenters. The smallest absolute Gasteiger partial charge is 0.327 e. The van der Waals surface area contributed by atoms with E-state index >= 15 is 0 Å². The highest BCUT2D eigenvalue weighted by Crippen LogP contribution is 2.04. The molecule has 7 heteroatoms. The quantitative estimate of drug-likeness (QED) is 0.682. The van der Waals surface area contributed by atoms with E-state index in [9.17, 15) is 9.59 Å². The van der Waals surface area contributed by atoms with Crippen LogP contribution in [0, 0.1) is 0 Å². The Morgan fingerprint density at radius 3 is 2.88 bits per heavy atom. The number of rotatable bonds is 7. The number of nitrogens with one attached hydrogen (secondary N) is 1. The average molecular weight is 257 g/mol. The molecular formula is C10H15N3O3S. The molecule has 1 aromatic heterocycles. The SMILES string of the molecule is CC(=O)NC(CSCCn1ccnc1)C(=O)O. The van der Waals surface area contributed by atoms with Gasteiger partial charge in [0.25, 0.3) is 0 Å². The van der Waals surface area contributed by atoms with E-state index in [0.717, 1.165) is 12.3 Å². The second-order valence-corrected chi connectivity index (χ2v) is 4.62. The lowest BCUT2D eigenvalue weighted by Gasteiger charge is -2.12. The molecule has 1 aromatic rings. The molecule has 0 aliphatic heterocycles. The third-order valence-corrected chi connectivity index (χ3v) is 3.05. The van der Waals surface area contributed by atoms with E-state index in [0.29, 0.717) is 5.75 Å². The van der Waals surface area contributed by atoms with Crippen LogP contribution in [0.3, 0.4) is 0 Å². The second-order valence-electron chi connectivity index (χ2n) is 3.47. The summed E-state index contributed by atoms with van der Waals surface area (Å²) < 4.78 is 1.92. The van der Waals surface area contributed by atoms with Gasteiger partial charge in [0.2, 0.25) is 5.91 Å². The number of carbonyl (C=O) groups is 2. The maximum Gasteiger partial charge on any atom is 0.327 e. The first kappa shape index (κ1) is 13.6. The van der Waals surface area contributed by atoms with Crippen molar-refractivity contribution in [3.63, 3.8) is 0 Å². The third kappa shape index (κ3) is 5.39. The third-order valence-electron chi connectivity index (χ3n) is 2.01. The number of aromatic nitrogens is 2. The van der Waals surface area contributed by atoms with E-state index in [1.807, 2.05) is 10.8 Å². The number of carboxylic acid groups (broad SMARTS) is 1. The minimum Gasteiger partial charge on any atom is -0.480 e. The Labute approximate surface area is 103 Å². The normalized spacial score (nSPS) is 12.1. The van der Waals surface area contributed by atoms with Crippen LogP contribution in [0.5, 0.6) is 0 Å². The summed E-state index contributed by atoms with van der Waals surface area (Å²) in [4.78, 5) is 25.5. The number of amides is 1. The molecule has 0 fully saturated rings. The molecule has 1 heterocycles. The Hall–Kier alpha value is -1.50. The maximum absolute atomic E-state index is 10.8. The first-order valence-electron chi connectivity index (χ1n) is 5.13. The fourth-order valence-corrected chi connectivity index (χ4v) is 2.18. The van der Waals surface area contributed by atoms with Gasteiger partial charge in [-0.3, -0.25) is 4.79 Å². The van der Waals surface area contributed by atoms with Crippen LogP contribution in [-0.2, 0) is 16.1 Å². The Morgan fingerprint density at radius 1 is 1.59 bits per heavy atom. The van der Waals surface area contributed by atoms with Crippen LogP contribution in [-0.4, -0.2) is 44.1 Å². The van der Waals surface area contributed by atoms with Gasteiger partial charge in [-0.1, -0.05) is 0 Å². The summed E-state index contributed by atoms with van der Waals surface area (Å²) >= 11 is 1.49. The van der Waals surface area contributed by atoms with Crippen molar-refractivity contribution in [1.29, 1.82) is 0 Å². The molecule has 0 saturated carbocycles. The summed E-state index contributed by atoms with van der Waals surface area (Å²) in [5.74, 6) is -0.188. The van der Waals surface area contributed by atoms with Gasteiger partial charge in [-0.05, 0) is 0 Å². The van der Waals surface area contributed by atoms with Crippen molar-refractivity contribution in [1.82, 2.24) is 14.9 Å². The lowest BCUT2D eigenvalue weighted by molar-refractivity contribution is -0.140. The summed E-state index contributed by atoms with van der Waals surface area (Å²) in [5, 5.41) is 11.3. The highest BCUT2D eigenvalue weighted by Gasteiger charge is 2.17. The molecule has 0 bridgehead atoms. The van der Waals surface area contributed by atoms with Crippen molar-refractivity contribution in [2.75, 3.05) is 11.5 Å². The van der Waals surface area contributed by atoms with Crippen molar-refractivity contribution in [2.24, 2.45) is 0 Å². The van der Waals surface area contributed by atoms with E-state index < -0.39 is 12.0 Å². The van der Waals surface area contributed by atoms with Crippen molar-refractivity contribution >= 4 is 23.6 Å². The van der Waals surface area contributed by atoms with Gasteiger partial charge < -0.3 is 15.0 Å². The maximum atomic E-state index is 10.8. The number of aliphatic carboxylic acids is 1. The van der Waals surface area contributed by atoms with Gasteiger partial charge in [0.15, 0.2) is 0 Å². The molecular weight excluding hydrogens is 242 g/mol. The lowest BCUT2D eigenvalue weighted by Crippen LogP contribution is -2.41. The van der Waals surface area contributed by atoms with Crippen LogP contribution < -0.4 is 5.32 Å². The predicted octanol–water partition coefficient (Wildman–Crippen LogP) is 0.206. The Kier molecular flexibility index (Phi) is 5.55. The van der Waals surface area contributed by atoms with E-state index in [4.69, 9.17) is 5.11 Å². The fraction of sp³-hybridized carbons (Fsp3) is 0.500. The Balaban J connectivity index is 2.23. The topological polar surface area (TPSA) is 84.2 Å². The molecule has 0 spiro atoms. The van der Waals surface area contributed by atoms with Crippen LogP contribution >= 0.6 is 11.8 Å². The largest absolute Gasteiger partial charge is 0.480 e. The lowest BCUT2D eigenvalue weighted by atomic mass is 10.3. The molecule has 1 rings (SSSR count). The zero-order valence-electron chi connectivity index (χ0n) is 9.50. The highest BCUT2D eigenvalue weighted by molar-refractivity contribution is 7.99. The van der Waals surface area contributed by atoms with Gasteiger partial charge in [-0.2, -0.15) is 11.8 Å². The van der Waals surface area contributed by atoms with Gasteiger partial charge in [-0.25, -0.2) is 9.78 Å². The molecule has 0 aliphatic carbocycles. The number of thioether (sulfide) groups is 1. The van der Waals surface area contributed by atoms with Crippen LogP contribution in [0.15, 0.2) is 18.7 Å². The minimum absolute atomic E-state index is 0.326. The number of nitrogens with zero attached hydrogens (tertiary/aromatic N) is 2. The van der Waals surface area contributed by atoms with E-state index in [1.165, 1.54) is 18.7 Å². The first-order chi connectivity index (χ1) is 8.09. The van der Waals surface area contributed by atoms with E-state index in [2.05, 4.69) is 10.3 Å². The second kappa shape index (κ2) is 6.95. The van der Waals surface area contributed by atoms with Crippen LogP contribution in [0.1, 0.15) is 6.92 Å². The number of carboxylic acids is 1. The average Bonchev–Trinajstić information content (AvgIpc) is 2.74. The summed E-state index contributed by atoms with van der Waals surface area (Å²) in [7, 11) is 0. The van der Waals surface area contributed by atoms with Crippen LogP contribution in [0.4, 0.5) is 0 Å².